The number of rotatable bonds is 4. The smallest absolute Gasteiger partial charge is 0.123 e. The van der Waals surface area contributed by atoms with Crippen LogP contribution in [0, 0.1) is 0 Å². The van der Waals surface area contributed by atoms with Gasteiger partial charge in [-0.2, -0.15) is 0 Å². The first-order valence-electron chi connectivity index (χ1n) is 7.53. The van der Waals surface area contributed by atoms with Crippen LogP contribution in [0.5, 0.6) is 5.75 Å². The largest absolute Gasteiger partial charge is 0.488 e. The van der Waals surface area contributed by atoms with E-state index in [-0.39, 0.29) is 6.10 Å². The number of ether oxygens (including phenoxy) is 1. The Morgan fingerprint density at radius 1 is 1.05 bits per heavy atom. The van der Waals surface area contributed by atoms with E-state index in [0.29, 0.717) is 5.92 Å². The summed E-state index contributed by atoms with van der Waals surface area (Å²) in [4.78, 5) is 0. The molecule has 4 rings (SSSR count). The van der Waals surface area contributed by atoms with Crippen molar-refractivity contribution in [2.24, 2.45) is 0 Å². The fraction of sp³-hybridized carbons (Fsp3) is 0.333. The maximum absolute atomic E-state index is 6.02. The summed E-state index contributed by atoms with van der Waals surface area (Å²) in [5.74, 6) is 1.65. The summed E-state index contributed by atoms with van der Waals surface area (Å²) in [7, 11) is 0. The molecule has 2 unspecified atom stereocenters. The van der Waals surface area contributed by atoms with Crippen LogP contribution in [0.3, 0.4) is 0 Å². The van der Waals surface area contributed by atoms with E-state index in [0.717, 1.165) is 30.3 Å². The Bertz CT molecular complexity index is 670. The molecule has 3 heteroatoms. The molecule has 0 saturated heterocycles. The minimum atomic E-state index is 0.230. The van der Waals surface area contributed by atoms with Crippen LogP contribution in [0.1, 0.15) is 22.6 Å². The van der Waals surface area contributed by atoms with Gasteiger partial charge in [0.1, 0.15) is 11.9 Å². The second-order valence-electron chi connectivity index (χ2n) is 5.95. The molecule has 0 fully saturated rings. The molecule has 1 aliphatic carbocycles. The average molecular weight is 300 g/mol. The lowest BCUT2D eigenvalue weighted by Gasteiger charge is -2.30. The lowest BCUT2D eigenvalue weighted by molar-refractivity contribution is 0.226. The zero-order valence-corrected chi connectivity index (χ0v) is 12.6. The third-order valence-electron chi connectivity index (χ3n) is 4.49. The normalized spacial score (nSPS) is 22.1. The maximum atomic E-state index is 6.02. The number of halogens is 1. The lowest BCUT2D eigenvalue weighted by Crippen LogP contribution is -2.35. The average Bonchev–Trinajstić information content (AvgIpc) is 2.85. The number of fused-ring (bicyclic) bond motifs is 2. The van der Waals surface area contributed by atoms with Gasteiger partial charge in [0.05, 0.1) is 0 Å². The second kappa shape index (κ2) is 5.36. The minimum Gasteiger partial charge on any atom is -0.488 e. The van der Waals surface area contributed by atoms with Gasteiger partial charge in [-0.1, -0.05) is 35.9 Å². The van der Waals surface area contributed by atoms with Crippen molar-refractivity contribution in [1.82, 2.24) is 5.32 Å². The molecule has 2 aromatic rings. The van der Waals surface area contributed by atoms with Gasteiger partial charge in [0, 0.05) is 30.5 Å². The predicted octanol–water partition coefficient (Wildman–Crippen LogP) is 3.57. The summed E-state index contributed by atoms with van der Waals surface area (Å²) in [6.07, 6.45) is 2.38. The molecule has 1 heterocycles. The van der Waals surface area contributed by atoms with Crippen LogP contribution in [-0.2, 0) is 12.8 Å². The van der Waals surface area contributed by atoms with Crippen molar-refractivity contribution in [1.29, 1.82) is 0 Å². The first-order chi connectivity index (χ1) is 10.3. The summed E-state index contributed by atoms with van der Waals surface area (Å²) >= 11 is 6.02. The van der Waals surface area contributed by atoms with Crippen molar-refractivity contribution >= 4 is 11.6 Å². The third kappa shape index (κ3) is 2.54. The third-order valence-corrected chi connectivity index (χ3v) is 4.72. The molecule has 1 N–H and O–H groups in total. The van der Waals surface area contributed by atoms with Crippen LogP contribution < -0.4 is 10.1 Å². The zero-order chi connectivity index (χ0) is 14.2. The van der Waals surface area contributed by atoms with Gasteiger partial charge in [0.2, 0.25) is 0 Å². The van der Waals surface area contributed by atoms with Crippen LogP contribution in [0.4, 0.5) is 0 Å². The van der Waals surface area contributed by atoms with Crippen molar-refractivity contribution in [3.8, 4) is 5.75 Å². The van der Waals surface area contributed by atoms with E-state index in [1.165, 1.54) is 23.1 Å². The Hall–Kier alpha value is -1.51. The highest BCUT2D eigenvalue weighted by molar-refractivity contribution is 6.30. The van der Waals surface area contributed by atoms with Gasteiger partial charge in [-0.3, -0.25) is 0 Å². The molecular weight excluding hydrogens is 282 g/mol. The molecule has 0 bridgehead atoms. The lowest BCUT2D eigenvalue weighted by atomic mass is 9.77. The van der Waals surface area contributed by atoms with E-state index < -0.39 is 0 Å². The van der Waals surface area contributed by atoms with Crippen molar-refractivity contribution in [3.05, 3.63) is 64.2 Å². The fourth-order valence-electron chi connectivity index (χ4n) is 3.37. The molecule has 0 amide bonds. The number of hydrogen-bond acceptors (Lipinski definition) is 2. The van der Waals surface area contributed by atoms with Gasteiger partial charge >= 0.3 is 0 Å². The molecule has 2 aliphatic rings. The van der Waals surface area contributed by atoms with Gasteiger partial charge in [0.25, 0.3) is 0 Å². The summed E-state index contributed by atoms with van der Waals surface area (Å²) in [5.41, 5.74) is 4.24. The number of benzene rings is 2. The van der Waals surface area contributed by atoms with Gasteiger partial charge in [-0.05, 0) is 41.3 Å². The molecule has 2 atom stereocenters. The van der Waals surface area contributed by atoms with E-state index in [1.807, 2.05) is 18.2 Å². The summed E-state index contributed by atoms with van der Waals surface area (Å²) in [5, 5.41) is 4.35. The Labute approximate surface area is 130 Å². The SMILES string of the molecule is Clc1ccc2c(c1)CC(CNCC1Cc3ccccc31)O2. The van der Waals surface area contributed by atoms with Crippen LogP contribution in [-0.4, -0.2) is 19.2 Å². The number of hydrogen-bond donors (Lipinski definition) is 1. The van der Waals surface area contributed by atoms with Crippen LogP contribution in [0.15, 0.2) is 42.5 Å². The first kappa shape index (κ1) is 13.2. The molecule has 108 valence electrons. The Kier molecular flexibility index (Phi) is 3.36. The van der Waals surface area contributed by atoms with Gasteiger partial charge in [-0.25, -0.2) is 0 Å². The van der Waals surface area contributed by atoms with E-state index in [2.05, 4.69) is 29.6 Å². The van der Waals surface area contributed by atoms with Crippen molar-refractivity contribution < 1.29 is 4.74 Å². The highest BCUT2D eigenvalue weighted by atomic mass is 35.5. The topological polar surface area (TPSA) is 21.3 Å². The summed E-state index contributed by atoms with van der Waals surface area (Å²) in [6, 6.07) is 14.6. The maximum Gasteiger partial charge on any atom is 0.123 e. The standard InChI is InChI=1S/C18H18ClNO/c19-15-5-6-18-13(8-15)9-16(21-18)11-20-10-14-7-12-3-1-2-4-17(12)14/h1-6,8,14,16,20H,7,9-11H2. The molecule has 0 aromatic heterocycles. The van der Waals surface area contributed by atoms with Gasteiger partial charge in [-0.15, -0.1) is 0 Å². The summed E-state index contributed by atoms with van der Waals surface area (Å²) < 4.78 is 5.94. The van der Waals surface area contributed by atoms with Crippen molar-refractivity contribution in [2.45, 2.75) is 24.9 Å². The Morgan fingerprint density at radius 3 is 2.86 bits per heavy atom. The van der Waals surface area contributed by atoms with E-state index >= 15 is 0 Å². The molecule has 2 nitrogen and oxygen atoms in total. The highest BCUT2D eigenvalue weighted by Gasteiger charge is 2.26. The molecule has 1 aliphatic heterocycles. The monoisotopic (exact) mass is 299 g/mol. The quantitative estimate of drug-likeness (QED) is 0.932. The predicted molar refractivity (Wildman–Crippen MR) is 85.3 cm³/mol. The molecular formula is C18H18ClNO. The molecule has 21 heavy (non-hydrogen) atoms. The first-order valence-corrected chi connectivity index (χ1v) is 7.91. The van der Waals surface area contributed by atoms with E-state index in [4.69, 9.17) is 16.3 Å². The molecule has 2 aromatic carbocycles. The van der Waals surface area contributed by atoms with Crippen LogP contribution >= 0.6 is 11.6 Å². The molecule has 0 spiro atoms. The Morgan fingerprint density at radius 2 is 1.95 bits per heavy atom. The van der Waals surface area contributed by atoms with Crippen molar-refractivity contribution in [2.75, 3.05) is 13.1 Å². The van der Waals surface area contributed by atoms with Crippen LogP contribution in [0.25, 0.3) is 0 Å². The zero-order valence-electron chi connectivity index (χ0n) is 11.8. The Balaban J connectivity index is 1.28. The highest BCUT2D eigenvalue weighted by Crippen LogP contribution is 2.34. The molecule has 0 radical (unpaired) electrons. The van der Waals surface area contributed by atoms with Crippen molar-refractivity contribution in [3.63, 3.8) is 0 Å². The molecule has 0 saturated carbocycles. The fourth-order valence-corrected chi connectivity index (χ4v) is 3.56. The minimum absolute atomic E-state index is 0.230. The van der Waals surface area contributed by atoms with Crippen LogP contribution in [0.2, 0.25) is 5.02 Å². The van der Waals surface area contributed by atoms with Gasteiger partial charge < -0.3 is 10.1 Å². The van der Waals surface area contributed by atoms with E-state index in [1.54, 1.807) is 0 Å². The van der Waals surface area contributed by atoms with E-state index in [9.17, 15) is 0 Å². The second-order valence-corrected chi connectivity index (χ2v) is 6.39. The number of nitrogens with one attached hydrogen (secondary N) is 1. The summed E-state index contributed by atoms with van der Waals surface area (Å²) in [6.45, 7) is 1.93. The van der Waals surface area contributed by atoms with Gasteiger partial charge in [0.15, 0.2) is 0 Å².